The van der Waals surface area contributed by atoms with Gasteiger partial charge in [0.2, 0.25) is 0 Å². The molecule has 0 aromatic carbocycles. The first-order valence-electron chi connectivity index (χ1n) is 4.64. The number of nitrogens with two attached hydrogens (primary N) is 1. The molecular weight excluding hydrogens is 171 g/mol. The maximum absolute atomic E-state index is 5.97. The largest absolute Gasteiger partial charge is 0.384 e. The normalized spacial score (nSPS) is 30.4. The van der Waals surface area contributed by atoms with Crippen molar-refractivity contribution in [3.63, 3.8) is 0 Å². The van der Waals surface area contributed by atoms with Gasteiger partial charge in [-0.05, 0) is 11.7 Å². The molecule has 0 saturated carbocycles. The average molecular weight is 186 g/mol. The van der Waals surface area contributed by atoms with E-state index in [1.807, 2.05) is 37.3 Å². The van der Waals surface area contributed by atoms with E-state index in [1.54, 1.807) is 7.05 Å². The van der Waals surface area contributed by atoms with Crippen molar-refractivity contribution < 1.29 is 0 Å². The van der Waals surface area contributed by atoms with Crippen LogP contribution in [0.15, 0.2) is 40.9 Å². The van der Waals surface area contributed by atoms with Crippen LogP contribution in [-0.4, -0.2) is 20.7 Å². The van der Waals surface area contributed by atoms with Gasteiger partial charge in [0.1, 0.15) is 5.84 Å². The predicted octanol–water partition coefficient (Wildman–Crippen LogP) is 1.76. The summed E-state index contributed by atoms with van der Waals surface area (Å²) in [6.45, 7) is 1.95. The molecule has 0 spiro atoms. The molecule has 72 valence electrons. The van der Waals surface area contributed by atoms with Gasteiger partial charge in [0.15, 0.2) is 0 Å². The van der Waals surface area contributed by atoms with E-state index in [9.17, 15) is 0 Å². The van der Waals surface area contributed by atoms with E-state index in [-0.39, 0.29) is 0 Å². The number of allylic oxidation sites excluding steroid dienone is 4. The number of nitrogens with zero attached hydrogens (tertiary/aromatic N) is 1. The van der Waals surface area contributed by atoms with Gasteiger partial charge < -0.3 is 5.73 Å². The van der Waals surface area contributed by atoms with Gasteiger partial charge in [-0.3, -0.25) is 4.99 Å². The molecule has 1 aliphatic carbocycles. The van der Waals surface area contributed by atoms with Crippen LogP contribution in [0.1, 0.15) is 13.3 Å². The second kappa shape index (κ2) is 4.31. The van der Waals surface area contributed by atoms with Gasteiger partial charge in [-0.1, -0.05) is 37.3 Å². The molecule has 1 aliphatic rings. The van der Waals surface area contributed by atoms with Gasteiger partial charge in [-0.2, -0.15) is 0 Å². The van der Waals surface area contributed by atoms with Crippen LogP contribution in [-0.2, 0) is 0 Å². The van der Waals surface area contributed by atoms with Crippen LogP contribution in [0.5, 0.6) is 0 Å². The Bertz CT molecular complexity index is 322. The fraction of sp³-hybridized carbons (Fsp3) is 0.364. The molecule has 1 rings (SSSR count). The van der Waals surface area contributed by atoms with Crippen molar-refractivity contribution in [2.75, 3.05) is 7.05 Å². The van der Waals surface area contributed by atoms with Crippen molar-refractivity contribution in [2.45, 2.75) is 18.7 Å². The molecule has 2 nitrogen and oxygen atoms in total. The van der Waals surface area contributed by atoms with Gasteiger partial charge in [0, 0.05) is 12.6 Å². The maximum atomic E-state index is 5.97. The lowest BCUT2D eigenvalue weighted by molar-refractivity contribution is 0.957. The van der Waals surface area contributed by atoms with Crippen LogP contribution >= 0.6 is 0 Å². The summed E-state index contributed by atoms with van der Waals surface area (Å²) in [4.78, 5) is 3.94. The lowest BCUT2D eigenvalue weighted by Gasteiger charge is -2.16. The molecule has 0 aromatic rings. The molecule has 0 bridgehead atoms. The number of amidine groups is 1. The van der Waals surface area contributed by atoms with Crippen LogP contribution in [0.2, 0.25) is 5.31 Å². The van der Waals surface area contributed by atoms with Gasteiger partial charge >= 0.3 is 0 Å². The highest BCUT2D eigenvalue weighted by atomic mass is 14.8. The molecule has 14 heavy (non-hydrogen) atoms. The topological polar surface area (TPSA) is 38.4 Å². The minimum Gasteiger partial charge on any atom is -0.384 e. The van der Waals surface area contributed by atoms with Crippen molar-refractivity contribution in [2.24, 2.45) is 10.7 Å². The second-order valence-corrected chi connectivity index (χ2v) is 3.61. The summed E-state index contributed by atoms with van der Waals surface area (Å²) >= 11 is 0. The predicted molar refractivity (Wildman–Crippen MR) is 62.6 cm³/mol. The molecule has 2 radical (unpaired) electrons. The Morgan fingerprint density at radius 2 is 2.29 bits per heavy atom. The zero-order valence-corrected chi connectivity index (χ0v) is 8.70. The highest BCUT2D eigenvalue weighted by Crippen LogP contribution is 2.26. The van der Waals surface area contributed by atoms with Gasteiger partial charge in [0.25, 0.3) is 0 Å². The minimum atomic E-state index is -0.395. The van der Waals surface area contributed by atoms with Crippen molar-refractivity contribution in [1.82, 2.24) is 0 Å². The highest BCUT2D eigenvalue weighted by Gasteiger charge is 2.10. The number of aliphatic imine (C=N–C) groups is 1. The zero-order chi connectivity index (χ0) is 10.6. The van der Waals surface area contributed by atoms with Gasteiger partial charge in [-0.15, -0.1) is 0 Å². The molecule has 3 heteroatoms. The Labute approximate surface area is 86.7 Å². The fourth-order valence-electron chi connectivity index (χ4n) is 1.23. The molecular formula is C11H15BN2. The van der Waals surface area contributed by atoms with Crippen LogP contribution in [0, 0.1) is 0 Å². The fourth-order valence-corrected chi connectivity index (χ4v) is 1.23. The van der Waals surface area contributed by atoms with Gasteiger partial charge in [0.05, 0.1) is 7.85 Å². The lowest BCUT2D eigenvalue weighted by Crippen LogP contribution is -2.14. The summed E-state index contributed by atoms with van der Waals surface area (Å²) in [6.07, 6.45) is 10.7. The van der Waals surface area contributed by atoms with Crippen molar-refractivity contribution in [1.29, 1.82) is 0 Å². The summed E-state index contributed by atoms with van der Waals surface area (Å²) in [6, 6.07) is 0. The highest BCUT2D eigenvalue weighted by molar-refractivity contribution is 6.18. The molecule has 1 atom stereocenters. The number of hydrogen-bond donors (Lipinski definition) is 1. The van der Waals surface area contributed by atoms with E-state index >= 15 is 0 Å². The van der Waals surface area contributed by atoms with E-state index in [0.29, 0.717) is 5.84 Å². The molecule has 0 heterocycles. The van der Waals surface area contributed by atoms with Crippen molar-refractivity contribution in [3.8, 4) is 0 Å². The average Bonchev–Trinajstić information content (AvgIpc) is 2.12. The Balaban J connectivity index is 2.97. The molecule has 0 aliphatic heterocycles. The molecule has 0 fully saturated rings. The third kappa shape index (κ3) is 2.91. The summed E-state index contributed by atoms with van der Waals surface area (Å²) in [5, 5.41) is -0.395. The Hall–Kier alpha value is -1.25. The first-order valence-corrected chi connectivity index (χ1v) is 4.64. The Kier molecular flexibility index (Phi) is 3.34. The van der Waals surface area contributed by atoms with Crippen LogP contribution in [0.4, 0.5) is 0 Å². The Morgan fingerprint density at radius 3 is 2.93 bits per heavy atom. The first kappa shape index (κ1) is 10.8. The van der Waals surface area contributed by atoms with Crippen LogP contribution in [0.25, 0.3) is 0 Å². The van der Waals surface area contributed by atoms with E-state index in [1.165, 1.54) is 0 Å². The summed E-state index contributed by atoms with van der Waals surface area (Å²) < 4.78 is 0. The van der Waals surface area contributed by atoms with Crippen molar-refractivity contribution >= 4 is 13.7 Å². The summed E-state index contributed by atoms with van der Waals surface area (Å²) in [5.74, 6) is 0.548. The van der Waals surface area contributed by atoms with Crippen LogP contribution < -0.4 is 5.73 Å². The monoisotopic (exact) mass is 186 g/mol. The van der Waals surface area contributed by atoms with E-state index in [0.717, 1.165) is 12.0 Å². The maximum Gasteiger partial charge on any atom is 0.125 e. The SMILES string of the molecule is [B]C1(C)C=CC(C(N)=NC)=CC/C=C\1. The smallest absolute Gasteiger partial charge is 0.125 e. The van der Waals surface area contributed by atoms with E-state index in [4.69, 9.17) is 13.6 Å². The zero-order valence-electron chi connectivity index (χ0n) is 8.70. The summed E-state index contributed by atoms with van der Waals surface area (Å²) in [7, 11) is 7.65. The number of rotatable bonds is 1. The lowest BCUT2D eigenvalue weighted by atomic mass is 9.69. The third-order valence-corrected chi connectivity index (χ3v) is 2.11. The standard InChI is InChI=1S/C11H15BN2/c1-11(12)7-4-3-5-9(6-8-11)10(13)14-2/h4-8H,3H2,1-2H3,(H2,13,14)/b7-4-,8-6?,9-5?. The molecule has 0 amide bonds. The first-order chi connectivity index (χ1) is 6.55. The molecule has 1 unspecified atom stereocenters. The molecule has 2 N–H and O–H groups in total. The molecule has 0 saturated heterocycles. The molecule has 0 aromatic heterocycles. The quantitative estimate of drug-likeness (QED) is 0.288. The second-order valence-electron chi connectivity index (χ2n) is 3.61. The van der Waals surface area contributed by atoms with E-state index < -0.39 is 5.31 Å². The number of hydrogen-bond acceptors (Lipinski definition) is 1. The minimum absolute atomic E-state index is 0.395. The van der Waals surface area contributed by atoms with Crippen LogP contribution in [0.3, 0.4) is 0 Å². The van der Waals surface area contributed by atoms with Crippen molar-refractivity contribution in [3.05, 3.63) is 36.0 Å². The third-order valence-electron chi connectivity index (χ3n) is 2.11. The summed E-state index contributed by atoms with van der Waals surface area (Å²) in [5.41, 5.74) is 6.66. The van der Waals surface area contributed by atoms with E-state index in [2.05, 4.69) is 4.99 Å². The Morgan fingerprint density at radius 1 is 1.57 bits per heavy atom. The van der Waals surface area contributed by atoms with Gasteiger partial charge in [-0.25, -0.2) is 0 Å².